The summed E-state index contributed by atoms with van der Waals surface area (Å²) in [6, 6.07) is 23.2. The smallest absolute Gasteiger partial charge is 0.346 e. The van der Waals surface area contributed by atoms with Crippen molar-refractivity contribution in [1.82, 2.24) is 9.78 Å². The van der Waals surface area contributed by atoms with Crippen molar-refractivity contribution in [2.75, 3.05) is 0 Å². The molecule has 0 spiro atoms. The van der Waals surface area contributed by atoms with E-state index in [9.17, 15) is 13.2 Å². The van der Waals surface area contributed by atoms with Gasteiger partial charge >= 0.3 is 5.97 Å². The number of carbonyl (C=O) groups is 1. The number of hydrogen-bond donors (Lipinski definition) is 0. The van der Waals surface area contributed by atoms with Gasteiger partial charge in [-0.2, -0.15) is 9.78 Å². The van der Waals surface area contributed by atoms with Crippen LogP contribution in [0, 0.1) is 6.92 Å². The SMILES string of the molecule is Cc1nn(-c2ccccc2)c(OC(=O)c2ccccc2Cl)c1S(=O)(=O)c1ccccc1. The molecule has 31 heavy (non-hydrogen) atoms. The summed E-state index contributed by atoms with van der Waals surface area (Å²) in [4.78, 5) is 12.8. The van der Waals surface area contributed by atoms with Gasteiger partial charge < -0.3 is 4.74 Å². The largest absolute Gasteiger partial charge is 0.402 e. The van der Waals surface area contributed by atoms with Crippen molar-refractivity contribution in [3.8, 4) is 11.6 Å². The van der Waals surface area contributed by atoms with Crippen LogP contribution in [0.25, 0.3) is 5.69 Å². The summed E-state index contributed by atoms with van der Waals surface area (Å²) in [5.41, 5.74) is 0.863. The Labute approximate surface area is 184 Å². The van der Waals surface area contributed by atoms with Gasteiger partial charge in [0.05, 0.1) is 26.9 Å². The molecule has 0 N–H and O–H groups in total. The molecule has 0 saturated carbocycles. The summed E-state index contributed by atoms with van der Waals surface area (Å²) in [6.45, 7) is 1.56. The average Bonchev–Trinajstić information content (AvgIpc) is 3.11. The number of halogens is 1. The highest BCUT2D eigenvalue weighted by Gasteiger charge is 2.32. The predicted molar refractivity (Wildman–Crippen MR) is 117 cm³/mol. The molecule has 1 aromatic heterocycles. The molecule has 3 aromatic carbocycles. The van der Waals surface area contributed by atoms with Gasteiger partial charge in [-0.1, -0.05) is 60.1 Å². The van der Waals surface area contributed by atoms with E-state index >= 15 is 0 Å². The third kappa shape index (κ3) is 3.97. The first-order chi connectivity index (χ1) is 14.9. The van der Waals surface area contributed by atoms with Crippen LogP contribution < -0.4 is 4.74 Å². The quantitative estimate of drug-likeness (QED) is 0.403. The highest BCUT2D eigenvalue weighted by Crippen LogP contribution is 2.35. The summed E-state index contributed by atoms with van der Waals surface area (Å²) in [7, 11) is -4.02. The second-order valence-corrected chi connectivity index (χ2v) is 8.95. The second kappa shape index (κ2) is 8.37. The van der Waals surface area contributed by atoms with Gasteiger partial charge in [-0.15, -0.1) is 0 Å². The lowest BCUT2D eigenvalue weighted by atomic mass is 10.2. The number of hydrogen-bond acceptors (Lipinski definition) is 5. The van der Waals surface area contributed by atoms with Crippen LogP contribution in [0.1, 0.15) is 16.1 Å². The molecule has 0 radical (unpaired) electrons. The summed E-state index contributed by atoms with van der Waals surface area (Å²) >= 11 is 6.13. The van der Waals surface area contributed by atoms with Crippen LogP contribution in [0.3, 0.4) is 0 Å². The minimum Gasteiger partial charge on any atom is -0.402 e. The summed E-state index contributed by atoms with van der Waals surface area (Å²) in [5.74, 6) is -0.982. The monoisotopic (exact) mass is 452 g/mol. The van der Waals surface area contributed by atoms with E-state index in [4.69, 9.17) is 16.3 Å². The third-order valence-electron chi connectivity index (χ3n) is 4.57. The number of para-hydroxylation sites is 1. The van der Waals surface area contributed by atoms with Gasteiger partial charge in [-0.25, -0.2) is 13.2 Å². The van der Waals surface area contributed by atoms with Crippen molar-refractivity contribution in [2.45, 2.75) is 16.7 Å². The Hall–Kier alpha value is -3.42. The number of aromatic nitrogens is 2. The van der Waals surface area contributed by atoms with Gasteiger partial charge in [0.2, 0.25) is 15.7 Å². The van der Waals surface area contributed by atoms with Gasteiger partial charge in [0.25, 0.3) is 0 Å². The molecule has 0 aliphatic rings. The number of benzene rings is 3. The van der Waals surface area contributed by atoms with E-state index in [-0.39, 0.29) is 32.0 Å². The first-order valence-corrected chi connectivity index (χ1v) is 11.2. The molecule has 1 heterocycles. The van der Waals surface area contributed by atoms with Crippen LogP contribution in [0.5, 0.6) is 5.88 Å². The fourth-order valence-corrected chi connectivity index (χ4v) is 4.87. The molecule has 0 atom stereocenters. The van der Waals surface area contributed by atoms with Crippen LogP contribution in [0.15, 0.2) is 94.7 Å². The van der Waals surface area contributed by atoms with E-state index < -0.39 is 15.8 Å². The maximum Gasteiger partial charge on any atom is 0.346 e. The van der Waals surface area contributed by atoms with Crippen LogP contribution in [-0.2, 0) is 9.84 Å². The molecule has 4 rings (SSSR count). The second-order valence-electron chi connectivity index (χ2n) is 6.65. The molecule has 0 fully saturated rings. The number of nitrogens with zero attached hydrogens (tertiary/aromatic N) is 2. The van der Waals surface area contributed by atoms with Crippen molar-refractivity contribution in [3.63, 3.8) is 0 Å². The normalized spacial score (nSPS) is 11.3. The molecule has 4 aromatic rings. The first kappa shape index (κ1) is 20.8. The van der Waals surface area contributed by atoms with Crippen molar-refractivity contribution in [3.05, 3.63) is 101 Å². The Kier molecular flexibility index (Phi) is 5.63. The first-order valence-electron chi connectivity index (χ1n) is 9.31. The Bertz CT molecular complexity index is 1350. The van der Waals surface area contributed by atoms with Gasteiger partial charge in [0.1, 0.15) is 0 Å². The Morgan fingerprint density at radius 2 is 1.48 bits per heavy atom. The predicted octanol–water partition coefficient (Wildman–Crippen LogP) is 4.89. The molecule has 0 aliphatic heterocycles. The molecular weight excluding hydrogens is 436 g/mol. The third-order valence-corrected chi connectivity index (χ3v) is 6.80. The molecule has 0 saturated heterocycles. The van der Waals surface area contributed by atoms with E-state index in [0.717, 1.165) is 0 Å². The summed E-state index contributed by atoms with van der Waals surface area (Å²) in [5, 5.41) is 4.57. The number of aryl methyl sites for hydroxylation is 1. The van der Waals surface area contributed by atoms with Crippen molar-refractivity contribution < 1.29 is 17.9 Å². The Morgan fingerprint density at radius 1 is 0.903 bits per heavy atom. The van der Waals surface area contributed by atoms with E-state index in [2.05, 4.69) is 5.10 Å². The van der Waals surface area contributed by atoms with Crippen molar-refractivity contribution >= 4 is 27.4 Å². The van der Waals surface area contributed by atoms with Crippen LogP contribution >= 0.6 is 11.6 Å². The number of ether oxygens (including phenoxy) is 1. The zero-order chi connectivity index (χ0) is 22.0. The van der Waals surface area contributed by atoms with Crippen LogP contribution in [0.4, 0.5) is 0 Å². The Balaban J connectivity index is 1.91. The highest BCUT2D eigenvalue weighted by molar-refractivity contribution is 7.91. The molecule has 156 valence electrons. The minimum atomic E-state index is -4.02. The summed E-state index contributed by atoms with van der Waals surface area (Å²) < 4.78 is 33.8. The van der Waals surface area contributed by atoms with E-state index in [1.54, 1.807) is 67.6 Å². The average molecular weight is 453 g/mol. The van der Waals surface area contributed by atoms with Crippen molar-refractivity contribution in [2.24, 2.45) is 0 Å². The number of carbonyl (C=O) groups excluding carboxylic acids is 1. The molecule has 0 bridgehead atoms. The highest BCUT2D eigenvalue weighted by atomic mass is 35.5. The molecule has 0 amide bonds. The van der Waals surface area contributed by atoms with E-state index in [1.165, 1.54) is 22.9 Å². The molecule has 0 aliphatic carbocycles. The lowest BCUT2D eigenvalue weighted by molar-refractivity contribution is 0.0718. The standard InChI is InChI=1S/C23H17ClN2O4S/c1-16-21(31(28,29)18-12-6-3-7-13-18)22(26(25-16)17-10-4-2-5-11-17)30-23(27)19-14-8-9-15-20(19)24/h2-15H,1H3. The zero-order valence-electron chi connectivity index (χ0n) is 16.4. The fourth-order valence-electron chi connectivity index (χ4n) is 3.12. The number of esters is 1. The van der Waals surface area contributed by atoms with Gasteiger partial charge in [-0.05, 0) is 43.3 Å². The lowest BCUT2D eigenvalue weighted by Crippen LogP contribution is -2.14. The topological polar surface area (TPSA) is 78.3 Å². The lowest BCUT2D eigenvalue weighted by Gasteiger charge is -2.11. The Morgan fingerprint density at radius 3 is 2.13 bits per heavy atom. The maximum absolute atomic E-state index is 13.4. The van der Waals surface area contributed by atoms with Crippen molar-refractivity contribution in [1.29, 1.82) is 0 Å². The van der Waals surface area contributed by atoms with Gasteiger partial charge in [-0.3, -0.25) is 0 Å². The van der Waals surface area contributed by atoms with Gasteiger partial charge in [0, 0.05) is 0 Å². The van der Waals surface area contributed by atoms with E-state index in [1.807, 2.05) is 6.07 Å². The molecule has 8 heteroatoms. The maximum atomic E-state index is 13.4. The molecule has 6 nitrogen and oxygen atoms in total. The zero-order valence-corrected chi connectivity index (χ0v) is 18.0. The van der Waals surface area contributed by atoms with Crippen LogP contribution in [0.2, 0.25) is 5.02 Å². The number of sulfone groups is 1. The minimum absolute atomic E-state index is 0.0701. The van der Waals surface area contributed by atoms with Crippen LogP contribution in [-0.4, -0.2) is 24.2 Å². The fraction of sp³-hybridized carbons (Fsp3) is 0.0435. The number of rotatable bonds is 5. The molecular formula is C23H17ClN2O4S. The molecule has 0 unspecified atom stereocenters. The van der Waals surface area contributed by atoms with E-state index in [0.29, 0.717) is 5.69 Å². The summed E-state index contributed by atoms with van der Waals surface area (Å²) in [6.07, 6.45) is 0. The van der Waals surface area contributed by atoms with Gasteiger partial charge in [0.15, 0.2) is 4.90 Å².